The molecule has 0 aliphatic heterocycles. The monoisotopic (exact) mass is 371 g/mol. The van der Waals surface area contributed by atoms with Crippen molar-refractivity contribution in [2.24, 2.45) is 0 Å². The van der Waals surface area contributed by atoms with Crippen LogP contribution in [0.2, 0.25) is 0 Å². The van der Waals surface area contributed by atoms with Gasteiger partial charge in [0, 0.05) is 17.6 Å². The first kappa shape index (κ1) is 18.2. The fourth-order valence-electron chi connectivity index (χ4n) is 2.76. The Bertz CT molecular complexity index is 950. The van der Waals surface area contributed by atoms with Crippen LogP contribution in [0.1, 0.15) is 16.9 Å². The minimum atomic E-state index is -0.155. The van der Waals surface area contributed by atoms with Crippen molar-refractivity contribution >= 4 is 28.2 Å². The second-order valence-corrected chi connectivity index (χ2v) is 6.48. The van der Waals surface area contributed by atoms with E-state index in [1.165, 1.54) is 0 Å². The number of aromatic nitrogens is 1. The molecule has 0 saturated heterocycles. The number of aliphatic hydroxyl groups is 1. The van der Waals surface area contributed by atoms with Gasteiger partial charge >= 0.3 is 0 Å². The Kier molecular flexibility index (Phi) is 5.70. The van der Waals surface area contributed by atoms with Crippen LogP contribution in [-0.4, -0.2) is 33.3 Å². The molecule has 0 unspecified atom stereocenters. The van der Waals surface area contributed by atoms with Gasteiger partial charge in [-0.15, -0.1) is 0 Å². The standard InChI is InChI=1S/C19H21N3O3S/c1-13-4-5-17-14(9-13)10-15(18(24)21-17)12-22(6-7-23)19(26)20-11-16-3-2-8-25-16/h2-5,8-10,23H,6-7,11-12H2,1H3,(H,20,26)(H,21,24). The third kappa shape index (κ3) is 4.30. The Labute approximate surface area is 156 Å². The highest BCUT2D eigenvalue weighted by Gasteiger charge is 2.13. The molecule has 1 aromatic carbocycles. The number of aliphatic hydroxyl groups excluding tert-OH is 1. The van der Waals surface area contributed by atoms with Crippen LogP contribution in [0.4, 0.5) is 0 Å². The van der Waals surface area contributed by atoms with Crippen LogP contribution >= 0.6 is 12.2 Å². The summed E-state index contributed by atoms with van der Waals surface area (Å²) < 4.78 is 5.28. The second kappa shape index (κ2) is 8.16. The van der Waals surface area contributed by atoms with Crippen LogP contribution in [0.25, 0.3) is 10.9 Å². The lowest BCUT2D eigenvalue weighted by Gasteiger charge is -2.24. The Balaban J connectivity index is 1.78. The third-order valence-corrected chi connectivity index (χ3v) is 4.49. The molecule has 0 bridgehead atoms. The summed E-state index contributed by atoms with van der Waals surface area (Å²) in [5, 5.41) is 13.9. The molecule has 136 valence electrons. The van der Waals surface area contributed by atoms with Gasteiger partial charge in [-0.25, -0.2) is 0 Å². The van der Waals surface area contributed by atoms with Gasteiger partial charge in [0.2, 0.25) is 0 Å². The van der Waals surface area contributed by atoms with Crippen LogP contribution in [0.5, 0.6) is 0 Å². The second-order valence-electron chi connectivity index (χ2n) is 6.10. The molecule has 0 aliphatic carbocycles. The van der Waals surface area contributed by atoms with Crippen molar-refractivity contribution in [2.75, 3.05) is 13.2 Å². The number of fused-ring (bicyclic) bond motifs is 1. The Morgan fingerprint density at radius 2 is 2.19 bits per heavy atom. The highest BCUT2D eigenvalue weighted by molar-refractivity contribution is 7.80. The van der Waals surface area contributed by atoms with Crippen LogP contribution in [0, 0.1) is 6.92 Å². The van der Waals surface area contributed by atoms with Gasteiger partial charge in [-0.1, -0.05) is 11.6 Å². The fraction of sp³-hybridized carbons (Fsp3) is 0.263. The number of hydrogen-bond donors (Lipinski definition) is 3. The molecular formula is C19H21N3O3S. The molecule has 3 aromatic rings. The first-order chi connectivity index (χ1) is 12.6. The lowest BCUT2D eigenvalue weighted by molar-refractivity contribution is 0.245. The number of aromatic amines is 1. The molecule has 0 atom stereocenters. The van der Waals surface area contributed by atoms with Gasteiger partial charge in [-0.05, 0) is 54.9 Å². The molecule has 2 heterocycles. The summed E-state index contributed by atoms with van der Waals surface area (Å²) >= 11 is 5.42. The van der Waals surface area contributed by atoms with E-state index < -0.39 is 0 Å². The number of nitrogens with zero attached hydrogens (tertiary/aromatic N) is 1. The molecule has 2 aromatic heterocycles. The number of nitrogens with one attached hydrogen (secondary N) is 2. The average molecular weight is 371 g/mol. The number of benzene rings is 1. The Hall–Kier alpha value is -2.64. The maximum atomic E-state index is 12.4. The lowest BCUT2D eigenvalue weighted by atomic mass is 10.1. The van der Waals surface area contributed by atoms with E-state index in [9.17, 15) is 9.90 Å². The predicted molar refractivity (Wildman–Crippen MR) is 105 cm³/mol. The van der Waals surface area contributed by atoms with E-state index in [2.05, 4.69) is 10.3 Å². The molecule has 0 aliphatic rings. The van der Waals surface area contributed by atoms with Crippen molar-refractivity contribution in [3.8, 4) is 0 Å². The van der Waals surface area contributed by atoms with E-state index in [1.807, 2.05) is 43.3 Å². The molecule has 0 saturated carbocycles. The topological polar surface area (TPSA) is 81.5 Å². The van der Waals surface area contributed by atoms with Crippen molar-refractivity contribution in [3.63, 3.8) is 0 Å². The van der Waals surface area contributed by atoms with Crippen molar-refractivity contribution < 1.29 is 9.52 Å². The van der Waals surface area contributed by atoms with E-state index in [-0.39, 0.29) is 12.2 Å². The van der Waals surface area contributed by atoms with Crippen LogP contribution in [0.15, 0.2) is 51.9 Å². The maximum Gasteiger partial charge on any atom is 0.253 e. The third-order valence-electron chi connectivity index (χ3n) is 4.09. The van der Waals surface area contributed by atoms with Gasteiger partial charge in [-0.2, -0.15) is 0 Å². The molecule has 26 heavy (non-hydrogen) atoms. The van der Waals surface area contributed by atoms with E-state index in [0.717, 1.165) is 22.2 Å². The van der Waals surface area contributed by atoms with Gasteiger partial charge in [-0.3, -0.25) is 4.79 Å². The Morgan fingerprint density at radius 1 is 1.35 bits per heavy atom. The van der Waals surface area contributed by atoms with E-state index in [4.69, 9.17) is 16.6 Å². The summed E-state index contributed by atoms with van der Waals surface area (Å²) in [6.45, 7) is 3.03. The summed E-state index contributed by atoms with van der Waals surface area (Å²) in [6.07, 6.45) is 1.60. The summed E-state index contributed by atoms with van der Waals surface area (Å²) in [4.78, 5) is 17.1. The maximum absolute atomic E-state index is 12.4. The largest absolute Gasteiger partial charge is 0.467 e. The normalized spacial score (nSPS) is 10.8. The molecule has 3 rings (SSSR count). The molecule has 6 nitrogen and oxygen atoms in total. The number of aryl methyl sites for hydroxylation is 1. The first-order valence-electron chi connectivity index (χ1n) is 8.35. The summed E-state index contributed by atoms with van der Waals surface area (Å²) in [5.41, 5.74) is 2.37. The smallest absolute Gasteiger partial charge is 0.253 e. The minimum absolute atomic E-state index is 0.0623. The highest BCUT2D eigenvalue weighted by Crippen LogP contribution is 2.14. The predicted octanol–water partition coefficient (Wildman–Crippen LogP) is 2.30. The number of furan rings is 1. The number of rotatable bonds is 6. The molecule has 0 spiro atoms. The van der Waals surface area contributed by atoms with Crippen LogP contribution in [-0.2, 0) is 13.1 Å². The van der Waals surface area contributed by atoms with Crippen LogP contribution < -0.4 is 10.9 Å². The first-order valence-corrected chi connectivity index (χ1v) is 8.76. The summed E-state index contributed by atoms with van der Waals surface area (Å²) in [7, 11) is 0. The quantitative estimate of drug-likeness (QED) is 0.577. The number of thiocarbonyl (C=S) groups is 1. The highest BCUT2D eigenvalue weighted by atomic mass is 32.1. The molecule has 3 N–H and O–H groups in total. The molecule has 7 heteroatoms. The number of pyridine rings is 1. The average Bonchev–Trinajstić information content (AvgIpc) is 3.13. The van der Waals surface area contributed by atoms with Gasteiger partial charge in [0.1, 0.15) is 5.76 Å². The van der Waals surface area contributed by atoms with Crippen molar-refractivity contribution in [2.45, 2.75) is 20.0 Å². The lowest BCUT2D eigenvalue weighted by Crippen LogP contribution is -2.41. The van der Waals surface area contributed by atoms with E-state index in [0.29, 0.717) is 30.3 Å². The summed E-state index contributed by atoms with van der Waals surface area (Å²) in [5.74, 6) is 0.760. The van der Waals surface area contributed by atoms with Gasteiger partial charge in [0.15, 0.2) is 5.11 Å². The molecule has 0 fully saturated rings. The van der Waals surface area contributed by atoms with Crippen molar-refractivity contribution in [1.82, 2.24) is 15.2 Å². The summed E-state index contributed by atoms with van der Waals surface area (Å²) in [6, 6.07) is 11.4. The SMILES string of the molecule is Cc1ccc2[nH]c(=O)c(CN(CCO)C(=S)NCc3ccco3)cc2c1. The van der Waals surface area contributed by atoms with E-state index in [1.54, 1.807) is 11.2 Å². The zero-order chi connectivity index (χ0) is 18.5. The van der Waals surface area contributed by atoms with Gasteiger partial charge < -0.3 is 24.7 Å². The van der Waals surface area contributed by atoms with Crippen LogP contribution in [0.3, 0.4) is 0 Å². The molecule has 0 amide bonds. The van der Waals surface area contributed by atoms with Crippen molar-refractivity contribution in [1.29, 1.82) is 0 Å². The van der Waals surface area contributed by atoms with Gasteiger partial charge in [0.05, 0.1) is 26.0 Å². The minimum Gasteiger partial charge on any atom is -0.467 e. The zero-order valence-electron chi connectivity index (χ0n) is 14.5. The zero-order valence-corrected chi connectivity index (χ0v) is 15.3. The van der Waals surface area contributed by atoms with Crippen molar-refractivity contribution in [3.05, 3.63) is 69.9 Å². The van der Waals surface area contributed by atoms with Gasteiger partial charge in [0.25, 0.3) is 5.56 Å². The number of hydrogen-bond acceptors (Lipinski definition) is 4. The number of H-pyrrole nitrogens is 1. The van der Waals surface area contributed by atoms with E-state index >= 15 is 0 Å². The Morgan fingerprint density at radius 3 is 2.92 bits per heavy atom. The fourth-order valence-corrected chi connectivity index (χ4v) is 2.98. The molecular weight excluding hydrogens is 350 g/mol. The molecule has 0 radical (unpaired) electrons.